The maximum Gasteiger partial charge on any atom is 0.330 e. The fourth-order valence-electron chi connectivity index (χ4n) is 8.86. The summed E-state index contributed by atoms with van der Waals surface area (Å²) in [6.07, 6.45) is 3.50. The highest BCUT2D eigenvalue weighted by Crippen LogP contribution is 2.49. The van der Waals surface area contributed by atoms with Gasteiger partial charge in [0.05, 0.1) is 41.7 Å². The predicted molar refractivity (Wildman–Crippen MR) is 200 cm³/mol. The number of hydrogen-bond donors (Lipinski definition) is 8. The van der Waals surface area contributed by atoms with Crippen LogP contribution >= 0.6 is 0 Å². The molecule has 0 amide bonds. The first kappa shape index (κ1) is 45.2. The topological polar surface area (TPSA) is 216 Å². The summed E-state index contributed by atoms with van der Waals surface area (Å²) in [5.74, 6) is -5.54. The SMILES string of the molecule is CCC(O)CC1CCCC2(CC3OC(=O)/C=C/C(C)(O)C(O)C(C)C(O)C(O)C(O)C(C)(O)CCCCC/C=C/C4CC(C)(C)OC4(O)CC(O2)C3C)O1. The van der Waals surface area contributed by atoms with Crippen molar-refractivity contribution >= 4 is 5.97 Å². The van der Waals surface area contributed by atoms with Gasteiger partial charge >= 0.3 is 5.97 Å². The maximum absolute atomic E-state index is 13.4. The van der Waals surface area contributed by atoms with Crippen LogP contribution in [0.2, 0.25) is 0 Å². The highest BCUT2D eigenvalue weighted by Gasteiger charge is 2.56. The van der Waals surface area contributed by atoms with E-state index < -0.39 is 88.9 Å². The van der Waals surface area contributed by atoms with E-state index in [0.717, 1.165) is 31.4 Å². The molecule has 3 fully saturated rings. The first-order valence-electron chi connectivity index (χ1n) is 20.2. The zero-order valence-electron chi connectivity index (χ0n) is 33.5. The summed E-state index contributed by atoms with van der Waals surface area (Å²) in [6.45, 7) is 11.7. The van der Waals surface area contributed by atoms with Gasteiger partial charge in [-0.05, 0) is 85.1 Å². The van der Waals surface area contributed by atoms with Crippen LogP contribution in [0.25, 0.3) is 0 Å². The largest absolute Gasteiger partial charge is 0.459 e. The lowest BCUT2D eigenvalue weighted by Crippen LogP contribution is -2.58. The van der Waals surface area contributed by atoms with Crippen molar-refractivity contribution in [3.63, 3.8) is 0 Å². The van der Waals surface area contributed by atoms with Crippen LogP contribution in [-0.2, 0) is 23.7 Å². The van der Waals surface area contributed by atoms with Gasteiger partial charge in [-0.25, -0.2) is 4.79 Å². The Bertz CT molecular complexity index is 1280. The average Bonchev–Trinajstić information content (AvgIpc) is 3.33. The van der Waals surface area contributed by atoms with Crippen molar-refractivity contribution < 1.29 is 64.6 Å². The predicted octanol–water partition coefficient (Wildman–Crippen LogP) is 3.30. The number of allylic oxidation sites excluding steroid dienone is 1. The molecular formula is C41H70O13. The molecule has 54 heavy (non-hydrogen) atoms. The van der Waals surface area contributed by atoms with Crippen LogP contribution in [0.5, 0.6) is 0 Å². The number of hydrogen-bond acceptors (Lipinski definition) is 13. The molecule has 4 aliphatic heterocycles. The van der Waals surface area contributed by atoms with E-state index in [2.05, 4.69) is 0 Å². The molecule has 0 radical (unpaired) electrons. The molecule has 2 bridgehead atoms. The van der Waals surface area contributed by atoms with E-state index in [4.69, 9.17) is 18.9 Å². The molecule has 1 spiro atoms. The second-order valence-electron chi connectivity index (χ2n) is 17.9. The molecule has 0 aromatic heterocycles. The normalized spacial score (nSPS) is 47.9. The highest BCUT2D eigenvalue weighted by atomic mass is 16.7. The molecule has 0 aromatic carbocycles. The molecule has 15 unspecified atom stereocenters. The Hall–Kier alpha value is -1.49. The van der Waals surface area contributed by atoms with Crippen LogP contribution in [-0.4, -0.2) is 124 Å². The summed E-state index contributed by atoms with van der Waals surface area (Å²) in [7, 11) is 0. The van der Waals surface area contributed by atoms with Crippen molar-refractivity contribution in [1.29, 1.82) is 0 Å². The maximum atomic E-state index is 13.4. The van der Waals surface area contributed by atoms with Crippen molar-refractivity contribution in [3.05, 3.63) is 24.3 Å². The number of carbonyl (C=O) groups excluding carboxylic acids is 1. The first-order chi connectivity index (χ1) is 25.0. The van der Waals surface area contributed by atoms with Gasteiger partial charge in [0.1, 0.15) is 23.9 Å². The van der Waals surface area contributed by atoms with Gasteiger partial charge in [-0.1, -0.05) is 45.8 Å². The Balaban J connectivity index is 1.67. The minimum absolute atomic E-state index is 0.0776. The van der Waals surface area contributed by atoms with Crippen LogP contribution in [0, 0.1) is 17.8 Å². The second kappa shape index (κ2) is 18.0. The standard InChI is InChI=1S/C41H70O13/c1-8-28(42)21-29-16-14-19-40(52-29)23-30-25(2)31(53-40)24-41(50)27(22-37(4,5)54-41)15-12-10-9-11-13-18-38(6,48)36(47)34(45)33(44)26(3)35(46)39(7,49)20-17-32(43)51-30/h12,15,17,20,25-31,33-36,42,44-50H,8-11,13-14,16,18-19,21-24H2,1-7H3/b15-12+,20-17+. The Morgan fingerprint density at radius 3 is 2.22 bits per heavy atom. The molecule has 312 valence electrons. The molecule has 3 saturated heterocycles. The van der Waals surface area contributed by atoms with Gasteiger partial charge in [0.25, 0.3) is 0 Å². The van der Waals surface area contributed by atoms with Gasteiger partial charge in [0.15, 0.2) is 11.6 Å². The van der Waals surface area contributed by atoms with Crippen LogP contribution in [0.3, 0.4) is 0 Å². The summed E-state index contributed by atoms with van der Waals surface area (Å²) >= 11 is 0. The minimum Gasteiger partial charge on any atom is -0.459 e. The number of carbonyl (C=O) groups is 1. The lowest BCUT2D eigenvalue weighted by molar-refractivity contribution is -0.352. The molecular weight excluding hydrogens is 700 g/mol. The zero-order valence-corrected chi connectivity index (χ0v) is 33.5. The number of rotatable bonds is 3. The van der Waals surface area contributed by atoms with E-state index in [1.165, 1.54) is 20.8 Å². The van der Waals surface area contributed by atoms with Crippen LogP contribution < -0.4 is 0 Å². The van der Waals surface area contributed by atoms with Crippen molar-refractivity contribution in [2.45, 2.75) is 209 Å². The third kappa shape index (κ3) is 11.1. The van der Waals surface area contributed by atoms with Crippen molar-refractivity contribution in [3.8, 4) is 0 Å². The van der Waals surface area contributed by atoms with Gasteiger partial charge in [-0.15, -0.1) is 0 Å². The Morgan fingerprint density at radius 1 is 0.833 bits per heavy atom. The summed E-state index contributed by atoms with van der Waals surface area (Å²) in [4.78, 5) is 13.4. The van der Waals surface area contributed by atoms with Crippen LogP contribution in [0.4, 0.5) is 0 Å². The summed E-state index contributed by atoms with van der Waals surface area (Å²) in [5, 5.41) is 88.6. The second-order valence-corrected chi connectivity index (χ2v) is 17.9. The first-order valence-corrected chi connectivity index (χ1v) is 20.2. The zero-order chi connectivity index (χ0) is 40.3. The van der Waals surface area contributed by atoms with Crippen LogP contribution in [0.15, 0.2) is 24.3 Å². The van der Waals surface area contributed by atoms with E-state index >= 15 is 0 Å². The van der Waals surface area contributed by atoms with Gasteiger partial charge in [0.2, 0.25) is 0 Å². The fourth-order valence-corrected chi connectivity index (χ4v) is 8.86. The van der Waals surface area contributed by atoms with E-state index in [0.29, 0.717) is 44.9 Å². The monoisotopic (exact) mass is 770 g/mol. The molecule has 8 N–H and O–H groups in total. The lowest BCUT2D eigenvalue weighted by atomic mass is 9.79. The number of ether oxygens (including phenoxy) is 4. The van der Waals surface area contributed by atoms with E-state index in [1.807, 2.05) is 39.8 Å². The van der Waals surface area contributed by atoms with Crippen LogP contribution in [0.1, 0.15) is 132 Å². The number of aliphatic hydroxyl groups excluding tert-OH is 5. The molecule has 4 aliphatic rings. The van der Waals surface area contributed by atoms with Gasteiger partial charge < -0.3 is 59.8 Å². The smallest absolute Gasteiger partial charge is 0.330 e. The Kier molecular flexibility index (Phi) is 15.0. The highest BCUT2D eigenvalue weighted by molar-refractivity contribution is 5.82. The summed E-state index contributed by atoms with van der Waals surface area (Å²) in [6, 6.07) is 0. The molecule has 13 nitrogen and oxygen atoms in total. The van der Waals surface area contributed by atoms with Crippen molar-refractivity contribution in [1.82, 2.24) is 0 Å². The molecule has 4 heterocycles. The molecule has 0 saturated carbocycles. The molecule has 13 heteroatoms. The quantitative estimate of drug-likeness (QED) is 0.153. The summed E-state index contributed by atoms with van der Waals surface area (Å²) < 4.78 is 25.8. The van der Waals surface area contributed by atoms with E-state index in [9.17, 15) is 45.6 Å². The minimum atomic E-state index is -2.08. The fraction of sp³-hybridized carbons (Fsp3) is 0.878. The Labute approximate surface area is 321 Å². The Morgan fingerprint density at radius 2 is 1.54 bits per heavy atom. The molecule has 4 rings (SSSR count). The third-order valence-electron chi connectivity index (χ3n) is 12.5. The molecule has 0 aliphatic carbocycles. The van der Waals surface area contributed by atoms with Gasteiger partial charge in [-0.2, -0.15) is 0 Å². The van der Waals surface area contributed by atoms with E-state index in [1.54, 1.807) is 0 Å². The van der Waals surface area contributed by atoms with Crippen molar-refractivity contribution in [2.24, 2.45) is 17.8 Å². The number of esters is 1. The van der Waals surface area contributed by atoms with Gasteiger partial charge in [-0.3, -0.25) is 0 Å². The number of fused-ring (bicyclic) bond motifs is 3. The lowest BCUT2D eigenvalue weighted by Gasteiger charge is -2.51. The van der Waals surface area contributed by atoms with Gasteiger partial charge in [0, 0.05) is 43.1 Å². The average molecular weight is 771 g/mol. The number of aliphatic hydroxyl groups is 8. The third-order valence-corrected chi connectivity index (χ3v) is 12.5. The van der Waals surface area contributed by atoms with E-state index in [-0.39, 0.29) is 31.3 Å². The van der Waals surface area contributed by atoms with Crippen molar-refractivity contribution in [2.75, 3.05) is 0 Å². The summed E-state index contributed by atoms with van der Waals surface area (Å²) in [5.41, 5.74) is -4.46. The molecule has 15 atom stereocenters. The molecule has 0 aromatic rings.